The lowest BCUT2D eigenvalue weighted by atomic mass is 9.61. The maximum atomic E-state index is 14.1. The van der Waals surface area contributed by atoms with Gasteiger partial charge in [-0.1, -0.05) is 60.1 Å². The van der Waals surface area contributed by atoms with Crippen molar-refractivity contribution in [1.29, 1.82) is 0 Å². The fraction of sp³-hybridized carbons (Fsp3) is 0.250. The number of carbonyl (C=O) groups is 3. The second-order valence-electron chi connectivity index (χ2n) is 11.3. The van der Waals surface area contributed by atoms with E-state index in [1.54, 1.807) is 84.9 Å². The van der Waals surface area contributed by atoms with Crippen LogP contribution in [0.3, 0.4) is 0 Å². The number of methoxy groups -OCH3 is 2. The zero-order valence-electron chi connectivity index (χ0n) is 25.7. The molecular weight excluding hydrogens is 608 g/mol. The van der Waals surface area contributed by atoms with Crippen LogP contribution in [0.1, 0.15) is 30.4 Å². The van der Waals surface area contributed by atoms with E-state index in [1.165, 1.54) is 21.1 Å². The largest absolute Gasteiger partial charge is 0.495 e. The lowest BCUT2D eigenvalue weighted by molar-refractivity contribution is -0.150. The number of carbonyl (C=O) groups excluding carboxylic acids is 3. The second-order valence-corrected chi connectivity index (χ2v) is 11.8. The number of amides is 2. The molecule has 238 valence electrons. The maximum Gasteiger partial charge on any atom is 0.235 e. The molecule has 0 aromatic heterocycles. The Morgan fingerprint density at radius 1 is 0.826 bits per heavy atom. The van der Waals surface area contributed by atoms with Gasteiger partial charge in [-0.3, -0.25) is 14.4 Å². The number of hydrogen-bond donors (Lipinski definition) is 3. The van der Waals surface area contributed by atoms with E-state index in [9.17, 15) is 19.5 Å². The third-order valence-corrected chi connectivity index (χ3v) is 8.40. The Balaban J connectivity index is 1.51. The molecule has 10 heteroatoms. The molecule has 1 saturated carbocycles. The summed E-state index contributed by atoms with van der Waals surface area (Å²) in [5.74, 6) is -3.85. The van der Waals surface area contributed by atoms with Gasteiger partial charge in [0.2, 0.25) is 11.8 Å². The molecule has 0 bridgehead atoms. The zero-order chi connectivity index (χ0) is 32.8. The Morgan fingerprint density at radius 2 is 1.37 bits per heavy atom. The molecule has 4 unspecified atom stereocenters. The number of para-hydroxylation sites is 4. The summed E-state index contributed by atoms with van der Waals surface area (Å²) >= 11 is 5.99. The van der Waals surface area contributed by atoms with Crippen molar-refractivity contribution in [3.05, 3.63) is 113 Å². The lowest BCUT2D eigenvalue weighted by Crippen LogP contribution is -2.56. The van der Waals surface area contributed by atoms with E-state index in [1.807, 2.05) is 12.1 Å². The molecule has 3 N–H and O–H groups in total. The SMILES string of the molecule is COc1ccccc1NC(=O)C1C(=O)CC(C)(O)C(C(=O)Nc2ccccc2OC)C1c1ccc(OCc2ccc(Cl)cc2)cc1. The summed E-state index contributed by atoms with van der Waals surface area (Å²) in [5, 5.41) is 18.0. The van der Waals surface area contributed by atoms with Gasteiger partial charge in [-0.2, -0.15) is 0 Å². The van der Waals surface area contributed by atoms with E-state index in [2.05, 4.69) is 10.6 Å². The van der Waals surface area contributed by atoms with E-state index >= 15 is 0 Å². The minimum absolute atomic E-state index is 0.293. The van der Waals surface area contributed by atoms with E-state index in [0.29, 0.717) is 45.8 Å². The van der Waals surface area contributed by atoms with Gasteiger partial charge in [-0.25, -0.2) is 0 Å². The Morgan fingerprint density at radius 3 is 1.93 bits per heavy atom. The number of benzene rings is 4. The molecule has 0 radical (unpaired) electrons. The second kappa shape index (κ2) is 14.1. The molecule has 5 rings (SSSR count). The van der Waals surface area contributed by atoms with Crippen molar-refractivity contribution in [3.63, 3.8) is 0 Å². The minimum atomic E-state index is -1.78. The van der Waals surface area contributed by atoms with Crippen molar-refractivity contribution in [1.82, 2.24) is 0 Å². The summed E-state index contributed by atoms with van der Waals surface area (Å²) in [7, 11) is 2.96. The molecular formula is C36H35ClN2O7. The highest BCUT2D eigenvalue weighted by Crippen LogP contribution is 2.47. The monoisotopic (exact) mass is 642 g/mol. The molecule has 4 aromatic rings. The highest BCUT2D eigenvalue weighted by molar-refractivity contribution is 6.30. The normalized spacial score (nSPS) is 20.8. The first-order valence-corrected chi connectivity index (χ1v) is 15.1. The lowest BCUT2D eigenvalue weighted by Gasteiger charge is -2.44. The van der Waals surface area contributed by atoms with Gasteiger partial charge >= 0.3 is 0 Å². The molecule has 0 aliphatic heterocycles. The number of nitrogens with one attached hydrogen (secondary N) is 2. The topological polar surface area (TPSA) is 123 Å². The Hall–Kier alpha value is -4.86. The van der Waals surface area contributed by atoms with Crippen molar-refractivity contribution in [3.8, 4) is 17.2 Å². The number of aliphatic hydroxyl groups is 1. The Bertz CT molecular complexity index is 1710. The zero-order valence-corrected chi connectivity index (χ0v) is 26.4. The van der Waals surface area contributed by atoms with Gasteiger partial charge in [0.15, 0.2) is 0 Å². The highest BCUT2D eigenvalue weighted by Gasteiger charge is 2.56. The van der Waals surface area contributed by atoms with Crippen LogP contribution >= 0.6 is 11.6 Å². The van der Waals surface area contributed by atoms with Gasteiger partial charge in [0.1, 0.15) is 35.6 Å². The smallest absolute Gasteiger partial charge is 0.235 e. The van der Waals surface area contributed by atoms with Crippen molar-refractivity contribution >= 4 is 40.6 Å². The van der Waals surface area contributed by atoms with Crippen molar-refractivity contribution in [2.45, 2.75) is 31.5 Å². The number of ketones is 1. The number of anilines is 2. The maximum absolute atomic E-state index is 14.1. The van der Waals surface area contributed by atoms with Gasteiger partial charge in [-0.05, 0) is 66.6 Å². The molecule has 0 spiro atoms. The predicted octanol–water partition coefficient (Wildman–Crippen LogP) is 6.25. The van der Waals surface area contributed by atoms with E-state index in [-0.39, 0.29) is 0 Å². The van der Waals surface area contributed by atoms with Gasteiger partial charge in [-0.15, -0.1) is 0 Å². The van der Waals surface area contributed by atoms with Crippen LogP contribution in [0, 0.1) is 11.8 Å². The van der Waals surface area contributed by atoms with Gasteiger partial charge < -0.3 is 30.0 Å². The first-order chi connectivity index (χ1) is 22.1. The van der Waals surface area contributed by atoms with Gasteiger partial charge in [0, 0.05) is 17.4 Å². The minimum Gasteiger partial charge on any atom is -0.495 e. The molecule has 46 heavy (non-hydrogen) atoms. The third-order valence-electron chi connectivity index (χ3n) is 8.15. The Labute approximate surface area is 272 Å². The van der Waals surface area contributed by atoms with Crippen LogP contribution in [0.5, 0.6) is 17.2 Å². The summed E-state index contributed by atoms with van der Waals surface area (Å²) in [5.41, 5.74) is 0.414. The summed E-state index contributed by atoms with van der Waals surface area (Å²) in [6.45, 7) is 1.74. The van der Waals surface area contributed by atoms with Crippen molar-refractivity contribution in [2.24, 2.45) is 11.8 Å². The van der Waals surface area contributed by atoms with Crippen LogP contribution in [0.2, 0.25) is 5.02 Å². The van der Waals surface area contributed by atoms with E-state index in [0.717, 1.165) is 5.56 Å². The van der Waals surface area contributed by atoms with Crippen LogP contribution in [0.15, 0.2) is 97.1 Å². The molecule has 0 saturated heterocycles. The summed E-state index contributed by atoms with van der Waals surface area (Å²) in [6, 6.07) is 27.8. The molecule has 1 aliphatic carbocycles. The number of Topliss-reactive ketones (excluding diaryl/α,β-unsaturated/α-hetero) is 1. The molecule has 4 aromatic carbocycles. The van der Waals surface area contributed by atoms with Crippen LogP contribution in [-0.2, 0) is 21.0 Å². The van der Waals surface area contributed by atoms with Crippen LogP contribution in [0.25, 0.3) is 0 Å². The molecule has 2 amide bonds. The van der Waals surface area contributed by atoms with E-state index < -0.39 is 47.4 Å². The van der Waals surface area contributed by atoms with Crippen LogP contribution < -0.4 is 24.8 Å². The predicted molar refractivity (Wildman–Crippen MR) is 175 cm³/mol. The molecule has 9 nitrogen and oxygen atoms in total. The standard InChI is InChI=1S/C36H35ClN2O7/c1-36(43)20-28(40)32(34(41)38-26-8-4-6-10-29(26)44-2)31(33(36)35(42)39-27-9-5-7-11-30(27)45-3)23-14-18-25(19-15-23)46-21-22-12-16-24(37)17-13-22/h4-19,31-33,43H,20-21H2,1-3H3,(H,38,41)(H,39,42). The van der Waals surface area contributed by atoms with Crippen molar-refractivity contribution < 1.29 is 33.7 Å². The molecule has 1 fully saturated rings. The summed E-state index contributed by atoms with van der Waals surface area (Å²) < 4.78 is 16.7. The van der Waals surface area contributed by atoms with Crippen molar-refractivity contribution in [2.75, 3.05) is 24.9 Å². The first-order valence-electron chi connectivity index (χ1n) is 14.7. The summed E-state index contributed by atoms with van der Waals surface area (Å²) in [6.07, 6.45) is -0.403. The van der Waals surface area contributed by atoms with E-state index in [4.69, 9.17) is 25.8 Å². The number of halogens is 1. The highest BCUT2D eigenvalue weighted by atomic mass is 35.5. The fourth-order valence-corrected chi connectivity index (χ4v) is 6.07. The number of ether oxygens (including phenoxy) is 3. The fourth-order valence-electron chi connectivity index (χ4n) is 5.94. The Kier molecular flexibility index (Phi) is 9.94. The van der Waals surface area contributed by atoms with Gasteiger partial charge in [0.05, 0.1) is 37.1 Å². The number of hydrogen-bond acceptors (Lipinski definition) is 7. The first kappa shape index (κ1) is 32.5. The quantitative estimate of drug-likeness (QED) is 0.175. The average molecular weight is 643 g/mol. The molecule has 1 aliphatic rings. The molecule has 4 atom stereocenters. The number of rotatable bonds is 10. The van der Waals surface area contributed by atoms with Crippen LogP contribution in [-0.4, -0.2) is 42.5 Å². The average Bonchev–Trinajstić information content (AvgIpc) is 3.04. The molecule has 0 heterocycles. The van der Waals surface area contributed by atoms with Gasteiger partial charge in [0.25, 0.3) is 0 Å². The summed E-state index contributed by atoms with van der Waals surface area (Å²) in [4.78, 5) is 41.8. The third kappa shape index (κ3) is 7.17. The van der Waals surface area contributed by atoms with Crippen LogP contribution in [0.4, 0.5) is 11.4 Å².